The predicted octanol–water partition coefficient (Wildman–Crippen LogP) is 1.42. The Morgan fingerprint density at radius 1 is 1.24 bits per heavy atom. The molecule has 1 spiro atoms. The zero-order valence-corrected chi connectivity index (χ0v) is 17.6. The van der Waals surface area contributed by atoms with E-state index in [1.165, 1.54) is 0 Å². The standard InChI is InChI=1S/C21H28N2O5S/c1-27-17-7-5-15(6-8-17)9-10-23-14-21-13-22(20(24)16-3-2-4-16)12-18(28-21)11-19(21)29(23,25)26/h5-8,16,18-19H,2-4,9-14H2,1H3/t18-,19+,21+/m1/s1. The Bertz CT molecular complexity index is 898. The van der Waals surface area contributed by atoms with E-state index < -0.39 is 20.9 Å². The zero-order chi connectivity index (χ0) is 20.2. The molecule has 3 aliphatic heterocycles. The molecule has 4 fully saturated rings. The summed E-state index contributed by atoms with van der Waals surface area (Å²) in [5.74, 6) is 1.11. The van der Waals surface area contributed by atoms with Gasteiger partial charge < -0.3 is 14.4 Å². The van der Waals surface area contributed by atoms with Gasteiger partial charge in [0.1, 0.15) is 16.6 Å². The minimum Gasteiger partial charge on any atom is -0.497 e. The molecule has 0 radical (unpaired) electrons. The number of amides is 1. The highest BCUT2D eigenvalue weighted by Gasteiger charge is 2.65. The van der Waals surface area contributed by atoms with Crippen molar-refractivity contribution in [2.24, 2.45) is 5.92 Å². The number of nitrogens with zero attached hydrogens (tertiary/aromatic N) is 2. The summed E-state index contributed by atoms with van der Waals surface area (Å²) >= 11 is 0. The van der Waals surface area contributed by atoms with Crippen LogP contribution in [0.3, 0.4) is 0 Å². The second-order valence-electron chi connectivity index (χ2n) is 8.85. The number of carbonyl (C=O) groups excluding carboxylic acids is 1. The third-order valence-electron chi connectivity index (χ3n) is 7.09. The molecule has 1 amide bonds. The van der Waals surface area contributed by atoms with Crippen molar-refractivity contribution in [2.75, 3.05) is 33.3 Å². The number of sulfonamides is 1. The van der Waals surface area contributed by atoms with Crippen LogP contribution in [-0.2, 0) is 26.0 Å². The molecule has 1 aromatic carbocycles. The lowest BCUT2D eigenvalue weighted by molar-refractivity contribution is -0.156. The Kier molecular flexibility index (Phi) is 4.64. The van der Waals surface area contributed by atoms with Gasteiger partial charge in [-0.1, -0.05) is 18.6 Å². The number of benzene rings is 1. The SMILES string of the molecule is COc1ccc(CCN2C[C@@]34CN(C(=O)C5CCC5)C[C@@H](C[C@@H]3S2(=O)=O)O4)cc1. The molecule has 4 aliphatic rings. The van der Waals surface area contributed by atoms with E-state index >= 15 is 0 Å². The maximum atomic E-state index is 13.2. The van der Waals surface area contributed by atoms with Crippen LogP contribution in [0.2, 0.25) is 0 Å². The van der Waals surface area contributed by atoms with Crippen LogP contribution >= 0.6 is 0 Å². The summed E-state index contributed by atoms with van der Waals surface area (Å²) in [7, 11) is -1.80. The fourth-order valence-corrected chi connectivity index (χ4v) is 7.59. The van der Waals surface area contributed by atoms with Crippen LogP contribution in [0.5, 0.6) is 5.75 Å². The van der Waals surface area contributed by atoms with Gasteiger partial charge in [0.2, 0.25) is 15.9 Å². The highest BCUT2D eigenvalue weighted by atomic mass is 32.2. The number of hydrogen-bond acceptors (Lipinski definition) is 5. The number of methoxy groups -OCH3 is 1. The largest absolute Gasteiger partial charge is 0.497 e. The Hall–Kier alpha value is -1.64. The van der Waals surface area contributed by atoms with Crippen LogP contribution in [0.4, 0.5) is 0 Å². The van der Waals surface area contributed by atoms with E-state index in [0.29, 0.717) is 39.0 Å². The molecular weight excluding hydrogens is 392 g/mol. The van der Waals surface area contributed by atoms with Gasteiger partial charge in [0.15, 0.2) is 0 Å². The molecule has 0 unspecified atom stereocenters. The minimum atomic E-state index is -3.43. The molecule has 2 bridgehead atoms. The van der Waals surface area contributed by atoms with Gasteiger partial charge in [0, 0.05) is 25.6 Å². The van der Waals surface area contributed by atoms with Gasteiger partial charge >= 0.3 is 0 Å². The summed E-state index contributed by atoms with van der Waals surface area (Å²) < 4.78 is 39.5. The lowest BCUT2D eigenvalue weighted by atomic mass is 9.84. The Labute approximate surface area is 172 Å². The number of hydrogen-bond donors (Lipinski definition) is 0. The topological polar surface area (TPSA) is 76.2 Å². The van der Waals surface area contributed by atoms with E-state index in [1.54, 1.807) is 11.4 Å². The average molecular weight is 421 g/mol. The highest BCUT2D eigenvalue weighted by molar-refractivity contribution is 7.90. The molecule has 8 heteroatoms. The van der Waals surface area contributed by atoms with Crippen LogP contribution in [0.1, 0.15) is 31.2 Å². The number of morpholine rings is 1. The number of ether oxygens (including phenoxy) is 2. The van der Waals surface area contributed by atoms with Crippen molar-refractivity contribution >= 4 is 15.9 Å². The first kappa shape index (κ1) is 19.3. The first-order chi connectivity index (χ1) is 13.9. The van der Waals surface area contributed by atoms with Gasteiger partial charge in [-0.2, -0.15) is 4.31 Å². The molecular formula is C21H28N2O5S. The van der Waals surface area contributed by atoms with Crippen LogP contribution in [-0.4, -0.2) is 73.8 Å². The molecule has 0 N–H and O–H groups in total. The number of fused-ring (bicyclic) bond motifs is 1. The molecule has 3 atom stereocenters. The van der Waals surface area contributed by atoms with E-state index in [4.69, 9.17) is 9.47 Å². The fourth-order valence-electron chi connectivity index (χ4n) is 5.28. The molecule has 5 rings (SSSR count). The maximum absolute atomic E-state index is 13.2. The van der Waals surface area contributed by atoms with Crippen molar-refractivity contribution in [3.63, 3.8) is 0 Å². The Morgan fingerprint density at radius 3 is 2.66 bits per heavy atom. The molecule has 1 saturated carbocycles. The molecule has 0 aromatic heterocycles. The van der Waals surface area contributed by atoms with Gasteiger partial charge in [-0.05, 0) is 43.4 Å². The van der Waals surface area contributed by atoms with Crippen molar-refractivity contribution < 1.29 is 22.7 Å². The third kappa shape index (κ3) is 3.16. The molecule has 3 heterocycles. The number of rotatable bonds is 5. The van der Waals surface area contributed by atoms with Crippen molar-refractivity contribution in [2.45, 2.75) is 49.1 Å². The maximum Gasteiger partial charge on any atom is 0.225 e. The summed E-state index contributed by atoms with van der Waals surface area (Å²) in [4.78, 5) is 14.7. The van der Waals surface area contributed by atoms with Gasteiger partial charge in [-0.15, -0.1) is 0 Å². The first-order valence-corrected chi connectivity index (χ1v) is 12.0. The zero-order valence-electron chi connectivity index (χ0n) is 16.7. The van der Waals surface area contributed by atoms with Crippen LogP contribution in [0.25, 0.3) is 0 Å². The van der Waals surface area contributed by atoms with Crippen molar-refractivity contribution in [3.05, 3.63) is 29.8 Å². The van der Waals surface area contributed by atoms with Gasteiger partial charge in [0.05, 0.1) is 19.8 Å². The number of likely N-dealkylation sites (tertiary alicyclic amines) is 1. The van der Waals surface area contributed by atoms with Gasteiger partial charge in [0.25, 0.3) is 0 Å². The molecule has 29 heavy (non-hydrogen) atoms. The first-order valence-electron chi connectivity index (χ1n) is 10.5. The second kappa shape index (κ2) is 6.96. The Morgan fingerprint density at radius 2 is 2.00 bits per heavy atom. The smallest absolute Gasteiger partial charge is 0.225 e. The summed E-state index contributed by atoms with van der Waals surface area (Å²) in [6.45, 7) is 1.72. The second-order valence-corrected chi connectivity index (χ2v) is 11.0. The van der Waals surface area contributed by atoms with Crippen molar-refractivity contribution in [3.8, 4) is 5.75 Å². The lowest BCUT2D eigenvalue weighted by Gasteiger charge is -2.42. The van der Waals surface area contributed by atoms with E-state index in [9.17, 15) is 13.2 Å². The summed E-state index contributed by atoms with van der Waals surface area (Å²) in [6.07, 6.45) is 4.02. The van der Waals surface area contributed by atoms with Crippen molar-refractivity contribution in [1.82, 2.24) is 9.21 Å². The highest BCUT2D eigenvalue weighted by Crippen LogP contribution is 2.47. The predicted molar refractivity (Wildman–Crippen MR) is 107 cm³/mol. The summed E-state index contributed by atoms with van der Waals surface area (Å²) in [5, 5.41) is -0.532. The molecule has 158 valence electrons. The van der Waals surface area contributed by atoms with E-state index in [0.717, 1.165) is 30.6 Å². The van der Waals surface area contributed by atoms with Crippen LogP contribution < -0.4 is 4.74 Å². The number of carbonyl (C=O) groups is 1. The van der Waals surface area contributed by atoms with E-state index in [2.05, 4.69) is 0 Å². The molecule has 7 nitrogen and oxygen atoms in total. The van der Waals surface area contributed by atoms with E-state index in [1.807, 2.05) is 29.2 Å². The monoisotopic (exact) mass is 420 g/mol. The minimum absolute atomic E-state index is 0.131. The normalized spacial score (nSPS) is 33.3. The fraction of sp³-hybridized carbons (Fsp3) is 0.667. The average Bonchev–Trinajstić information content (AvgIpc) is 3.04. The molecule has 1 aromatic rings. The third-order valence-corrected chi connectivity index (χ3v) is 9.46. The van der Waals surface area contributed by atoms with Crippen LogP contribution in [0.15, 0.2) is 24.3 Å². The van der Waals surface area contributed by atoms with Gasteiger partial charge in [-0.25, -0.2) is 8.42 Å². The van der Waals surface area contributed by atoms with E-state index in [-0.39, 0.29) is 17.9 Å². The summed E-state index contributed by atoms with van der Waals surface area (Å²) in [5.41, 5.74) is 0.306. The van der Waals surface area contributed by atoms with Crippen molar-refractivity contribution in [1.29, 1.82) is 0 Å². The summed E-state index contributed by atoms with van der Waals surface area (Å²) in [6, 6.07) is 7.71. The molecule has 3 saturated heterocycles. The van der Waals surface area contributed by atoms with Gasteiger partial charge in [-0.3, -0.25) is 4.79 Å². The molecule has 1 aliphatic carbocycles. The Balaban J connectivity index is 1.30. The van der Waals surface area contributed by atoms with Crippen LogP contribution in [0, 0.1) is 5.92 Å². The quantitative estimate of drug-likeness (QED) is 0.720. The lowest BCUT2D eigenvalue weighted by Crippen LogP contribution is -2.57.